The van der Waals surface area contributed by atoms with Gasteiger partial charge < -0.3 is 15.8 Å². The Bertz CT molecular complexity index is 303. The maximum Gasteiger partial charge on any atom is 0.220 e. The molecule has 3 atom stereocenters. The van der Waals surface area contributed by atoms with Crippen molar-refractivity contribution in [3.05, 3.63) is 0 Å². The van der Waals surface area contributed by atoms with Gasteiger partial charge in [0.05, 0.1) is 11.6 Å². The van der Waals surface area contributed by atoms with E-state index in [4.69, 9.17) is 10.5 Å². The zero-order valence-electron chi connectivity index (χ0n) is 12.1. The number of nitrogens with one attached hydrogen (secondary N) is 1. The highest BCUT2D eigenvalue weighted by atomic mass is 16.5. The van der Waals surface area contributed by atoms with Gasteiger partial charge >= 0.3 is 0 Å². The van der Waals surface area contributed by atoms with E-state index in [0.717, 1.165) is 32.3 Å². The molecule has 3 unspecified atom stereocenters. The van der Waals surface area contributed by atoms with Gasteiger partial charge in [0.15, 0.2) is 0 Å². The number of hydrogen-bond acceptors (Lipinski definition) is 3. The molecule has 2 fully saturated rings. The fourth-order valence-electron chi connectivity index (χ4n) is 3.46. The largest absolute Gasteiger partial charge is 0.378 e. The van der Waals surface area contributed by atoms with E-state index in [-0.39, 0.29) is 11.4 Å². The van der Waals surface area contributed by atoms with Crippen LogP contribution in [0.25, 0.3) is 0 Å². The summed E-state index contributed by atoms with van der Waals surface area (Å²) in [4.78, 5) is 12.2. The standard InChI is InChI=1S/C15H28N2O2/c1-12-5-2-3-9-15(12,11-16)17-14(18)8-7-13-6-4-10-19-13/h12-13H,2-11,16H2,1H3,(H,17,18). The lowest BCUT2D eigenvalue weighted by atomic mass is 9.73. The monoisotopic (exact) mass is 268 g/mol. The highest BCUT2D eigenvalue weighted by Gasteiger charge is 2.38. The van der Waals surface area contributed by atoms with Crippen LogP contribution in [0.4, 0.5) is 0 Å². The van der Waals surface area contributed by atoms with E-state index in [1.807, 2.05) is 0 Å². The minimum atomic E-state index is -0.161. The zero-order valence-corrected chi connectivity index (χ0v) is 12.1. The summed E-state index contributed by atoms with van der Waals surface area (Å²) in [5.41, 5.74) is 5.79. The molecule has 0 radical (unpaired) electrons. The Morgan fingerprint density at radius 3 is 2.84 bits per heavy atom. The average molecular weight is 268 g/mol. The van der Waals surface area contributed by atoms with Crippen molar-refractivity contribution < 1.29 is 9.53 Å². The van der Waals surface area contributed by atoms with Crippen LogP contribution < -0.4 is 11.1 Å². The lowest BCUT2D eigenvalue weighted by Crippen LogP contribution is -2.59. The van der Waals surface area contributed by atoms with Crippen LogP contribution >= 0.6 is 0 Å². The van der Waals surface area contributed by atoms with Gasteiger partial charge in [-0.2, -0.15) is 0 Å². The van der Waals surface area contributed by atoms with Crippen LogP contribution in [0.2, 0.25) is 0 Å². The van der Waals surface area contributed by atoms with E-state index in [0.29, 0.717) is 25.0 Å². The summed E-state index contributed by atoms with van der Waals surface area (Å²) in [5.74, 6) is 0.632. The van der Waals surface area contributed by atoms with Gasteiger partial charge in [-0.15, -0.1) is 0 Å². The average Bonchev–Trinajstić information content (AvgIpc) is 2.92. The Balaban J connectivity index is 1.81. The van der Waals surface area contributed by atoms with Gasteiger partial charge in [0.2, 0.25) is 5.91 Å². The second-order valence-electron chi connectivity index (χ2n) is 6.23. The number of nitrogens with two attached hydrogens (primary N) is 1. The molecule has 1 aliphatic carbocycles. The Labute approximate surface area is 116 Å². The van der Waals surface area contributed by atoms with Gasteiger partial charge in [0, 0.05) is 19.6 Å². The van der Waals surface area contributed by atoms with Gasteiger partial charge in [-0.05, 0) is 38.0 Å². The molecule has 3 N–H and O–H groups in total. The number of rotatable bonds is 5. The number of hydrogen-bond donors (Lipinski definition) is 2. The minimum Gasteiger partial charge on any atom is -0.378 e. The molecule has 0 aromatic heterocycles. The first-order valence-corrected chi connectivity index (χ1v) is 7.79. The molecule has 0 spiro atoms. The third-order valence-electron chi connectivity index (χ3n) is 4.92. The van der Waals surface area contributed by atoms with Crippen molar-refractivity contribution in [3.63, 3.8) is 0 Å². The molecule has 4 nitrogen and oxygen atoms in total. The molecule has 1 aliphatic heterocycles. The van der Waals surface area contributed by atoms with Crippen molar-refractivity contribution >= 4 is 5.91 Å². The smallest absolute Gasteiger partial charge is 0.220 e. The van der Waals surface area contributed by atoms with Crippen LogP contribution in [0.3, 0.4) is 0 Å². The van der Waals surface area contributed by atoms with Crippen molar-refractivity contribution in [3.8, 4) is 0 Å². The minimum absolute atomic E-state index is 0.148. The molecule has 1 saturated carbocycles. The zero-order chi connectivity index (χ0) is 13.7. The van der Waals surface area contributed by atoms with E-state index < -0.39 is 0 Å². The molecule has 0 bridgehead atoms. The molecule has 1 heterocycles. The molecule has 2 aliphatic rings. The Kier molecular flexibility index (Phi) is 5.22. The van der Waals surface area contributed by atoms with E-state index >= 15 is 0 Å². The summed E-state index contributed by atoms with van der Waals surface area (Å²) in [6, 6.07) is 0. The second kappa shape index (κ2) is 6.71. The van der Waals surface area contributed by atoms with Crippen molar-refractivity contribution in [1.82, 2.24) is 5.32 Å². The summed E-state index contributed by atoms with van der Waals surface area (Å²) >= 11 is 0. The highest BCUT2D eigenvalue weighted by Crippen LogP contribution is 2.33. The summed E-state index contributed by atoms with van der Waals surface area (Å²) in [6.07, 6.45) is 8.58. The fraction of sp³-hybridized carbons (Fsp3) is 0.933. The molecule has 4 heteroatoms. The van der Waals surface area contributed by atoms with Crippen molar-refractivity contribution in [2.45, 2.75) is 69.9 Å². The first-order chi connectivity index (χ1) is 9.16. The van der Waals surface area contributed by atoms with E-state index in [1.165, 1.54) is 19.3 Å². The summed E-state index contributed by atoms with van der Waals surface area (Å²) < 4.78 is 5.56. The van der Waals surface area contributed by atoms with Crippen molar-refractivity contribution in [2.75, 3.05) is 13.2 Å². The summed E-state index contributed by atoms with van der Waals surface area (Å²) in [5, 5.41) is 3.24. The van der Waals surface area contributed by atoms with Crippen LogP contribution in [-0.4, -0.2) is 30.7 Å². The number of ether oxygens (including phenoxy) is 1. The molecule has 19 heavy (non-hydrogen) atoms. The topological polar surface area (TPSA) is 64.3 Å². The molecule has 2 rings (SSSR count). The molecule has 110 valence electrons. The molecule has 0 aromatic rings. The van der Waals surface area contributed by atoms with Crippen molar-refractivity contribution in [1.29, 1.82) is 0 Å². The van der Waals surface area contributed by atoms with Gasteiger partial charge in [-0.1, -0.05) is 19.8 Å². The second-order valence-corrected chi connectivity index (χ2v) is 6.23. The predicted octanol–water partition coefficient (Wildman–Crippen LogP) is 1.97. The molecule has 1 amide bonds. The van der Waals surface area contributed by atoms with E-state index in [9.17, 15) is 4.79 Å². The Morgan fingerprint density at radius 2 is 2.21 bits per heavy atom. The fourth-order valence-corrected chi connectivity index (χ4v) is 3.46. The van der Waals surface area contributed by atoms with Crippen LogP contribution in [0.15, 0.2) is 0 Å². The maximum absolute atomic E-state index is 12.2. The lowest BCUT2D eigenvalue weighted by molar-refractivity contribution is -0.124. The molecule has 0 aromatic carbocycles. The number of amides is 1. The molecular formula is C15H28N2O2. The van der Waals surface area contributed by atoms with E-state index in [1.54, 1.807) is 0 Å². The summed E-state index contributed by atoms with van der Waals surface area (Å²) in [6.45, 7) is 3.63. The van der Waals surface area contributed by atoms with Crippen molar-refractivity contribution in [2.24, 2.45) is 11.7 Å². The lowest BCUT2D eigenvalue weighted by Gasteiger charge is -2.42. The Hall–Kier alpha value is -0.610. The third kappa shape index (κ3) is 3.69. The van der Waals surface area contributed by atoms with E-state index in [2.05, 4.69) is 12.2 Å². The summed E-state index contributed by atoms with van der Waals surface area (Å²) in [7, 11) is 0. The van der Waals surface area contributed by atoms with Crippen LogP contribution in [0, 0.1) is 5.92 Å². The quantitative estimate of drug-likeness (QED) is 0.801. The SMILES string of the molecule is CC1CCCCC1(CN)NC(=O)CCC1CCCO1. The number of carbonyl (C=O) groups is 1. The van der Waals surface area contributed by atoms with Crippen LogP contribution in [0.1, 0.15) is 58.3 Å². The van der Waals surface area contributed by atoms with Gasteiger partial charge in [-0.25, -0.2) is 0 Å². The third-order valence-corrected chi connectivity index (χ3v) is 4.92. The van der Waals surface area contributed by atoms with Gasteiger partial charge in [0.25, 0.3) is 0 Å². The maximum atomic E-state index is 12.2. The van der Waals surface area contributed by atoms with Gasteiger partial charge in [0.1, 0.15) is 0 Å². The highest BCUT2D eigenvalue weighted by molar-refractivity contribution is 5.77. The van der Waals surface area contributed by atoms with Crippen LogP contribution in [-0.2, 0) is 9.53 Å². The normalized spacial score (nSPS) is 35.3. The number of carbonyl (C=O) groups excluding carboxylic acids is 1. The molecule has 1 saturated heterocycles. The Morgan fingerprint density at radius 1 is 1.37 bits per heavy atom. The van der Waals surface area contributed by atoms with Gasteiger partial charge in [-0.3, -0.25) is 4.79 Å². The molecular weight excluding hydrogens is 240 g/mol. The predicted molar refractivity (Wildman–Crippen MR) is 75.8 cm³/mol. The first kappa shape index (κ1) is 14.8. The van der Waals surface area contributed by atoms with Crippen LogP contribution in [0.5, 0.6) is 0 Å². The first-order valence-electron chi connectivity index (χ1n) is 7.79.